The van der Waals surface area contributed by atoms with Gasteiger partial charge in [-0.2, -0.15) is 4.31 Å². The van der Waals surface area contributed by atoms with Gasteiger partial charge in [0.1, 0.15) is 0 Å². The van der Waals surface area contributed by atoms with Gasteiger partial charge in [-0.05, 0) is 24.3 Å². The van der Waals surface area contributed by atoms with Crippen LogP contribution < -0.4 is 5.32 Å². The number of sulfonamides is 1. The molecule has 1 aromatic carbocycles. The van der Waals surface area contributed by atoms with Crippen LogP contribution in [-0.4, -0.2) is 76.4 Å². The highest BCUT2D eigenvalue weighted by atomic mass is 32.2. The lowest BCUT2D eigenvalue weighted by Crippen LogP contribution is -2.47. The van der Waals surface area contributed by atoms with Gasteiger partial charge in [-0.3, -0.25) is 9.59 Å². The van der Waals surface area contributed by atoms with Crippen molar-refractivity contribution in [1.29, 1.82) is 0 Å². The van der Waals surface area contributed by atoms with Crippen molar-refractivity contribution in [1.82, 2.24) is 14.5 Å². The van der Waals surface area contributed by atoms with E-state index in [1.807, 2.05) is 0 Å². The maximum absolute atomic E-state index is 12.6. The molecule has 132 valence electrons. The van der Waals surface area contributed by atoms with Crippen LogP contribution in [0.3, 0.4) is 0 Å². The zero-order valence-electron chi connectivity index (χ0n) is 13.5. The van der Waals surface area contributed by atoms with E-state index in [2.05, 4.69) is 5.32 Å². The van der Waals surface area contributed by atoms with E-state index in [9.17, 15) is 18.0 Å². The molecule has 24 heavy (non-hydrogen) atoms. The van der Waals surface area contributed by atoms with Gasteiger partial charge in [0.25, 0.3) is 5.91 Å². The van der Waals surface area contributed by atoms with Crippen LogP contribution in [0.2, 0.25) is 0 Å². The molecule has 1 aliphatic rings. The fraction of sp³-hybridized carbons (Fsp3) is 0.467. The Balaban J connectivity index is 2.04. The molecule has 1 aliphatic heterocycles. The smallest absolute Gasteiger partial charge is 0.251 e. The van der Waals surface area contributed by atoms with Gasteiger partial charge in [-0.25, -0.2) is 8.42 Å². The summed E-state index contributed by atoms with van der Waals surface area (Å²) in [6, 6.07) is 5.81. The van der Waals surface area contributed by atoms with Crippen molar-refractivity contribution >= 4 is 22.3 Å². The van der Waals surface area contributed by atoms with Gasteiger partial charge in [0.05, 0.1) is 11.5 Å². The van der Waals surface area contributed by atoms with Gasteiger partial charge in [0.2, 0.25) is 16.4 Å². The average Bonchev–Trinajstić information content (AvgIpc) is 2.62. The van der Waals surface area contributed by atoms with Gasteiger partial charge in [-0.15, -0.1) is 0 Å². The van der Waals surface area contributed by atoms with Gasteiger partial charge >= 0.3 is 0 Å². The summed E-state index contributed by atoms with van der Waals surface area (Å²) < 4.78 is 31.4. The van der Waals surface area contributed by atoms with Crippen LogP contribution in [0.1, 0.15) is 10.4 Å². The summed E-state index contributed by atoms with van der Waals surface area (Å²) in [7, 11) is -2.08. The average molecular weight is 355 g/mol. The van der Waals surface area contributed by atoms with Crippen LogP contribution in [0.25, 0.3) is 0 Å². The van der Waals surface area contributed by atoms with E-state index in [1.165, 1.54) is 28.6 Å². The summed E-state index contributed by atoms with van der Waals surface area (Å²) in [5.41, 5.74) is 0.385. The van der Waals surface area contributed by atoms with E-state index >= 15 is 0 Å². The minimum absolute atomic E-state index is 0.135. The van der Waals surface area contributed by atoms with Crippen molar-refractivity contribution in [2.75, 3.05) is 46.4 Å². The Morgan fingerprint density at radius 2 is 1.83 bits per heavy atom. The molecule has 0 aromatic heterocycles. The molecule has 2 amide bonds. The zero-order chi connectivity index (χ0) is 17.6. The van der Waals surface area contributed by atoms with Crippen molar-refractivity contribution in [3.8, 4) is 0 Å². The minimum Gasteiger partial charge on any atom is -0.383 e. The predicted molar refractivity (Wildman–Crippen MR) is 87.0 cm³/mol. The fourth-order valence-corrected chi connectivity index (χ4v) is 3.77. The Morgan fingerprint density at radius 3 is 2.38 bits per heavy atom. The molecule has 1 aromatic rings. The summed E-state index contributed by atoms with van der Waals surface area (Å²) in [6.07, 6.45) is 0.723. The van der Waals surface area contributed by atoms with Gasteiger partial charge in [0.15, 0.2) is 0 Å². The molecule has 0 atom stereocenters. The first kappa shape index (κ1) is 18.4. The molecule has 0 bridgehead atoms. The molecule has 0 aliphatic carbocycles. The van der Waals surface area contributed by atoms with E-state index in [0.29, 0.717) is 31.8 Å². The number of hydrogen-bond donors (Lipinski definition) is 1. The Labute approximate surface area is 141 Å². The molecule has 1 heterocycles. The molecule has 9 heteroatoms. The molecule has 1 saturated heterocycles. The van der Waals surface area contributed by atoms with Crippen molar-refractivity contribution < 1.29 is 22.7 Å². The number of piperazine rings is 1. The van der Waals surface area contributed by atoms with Crippen molar-refractivity contribution in [2.24, 2.45) is 0 Å². The Hall–Kier alpha value is -1.97. The minimum atomic E-state index is -3.62. The normalized spacial score (nSPS) is 16.0. The summed E-state index contributed by atoms with van der Waals surface area (Å²) in [5, 5.41) is 2.67. The number of methoxy groups -OCH3 is 1. The SMILES string of the molecule is COCCNC(=O)c1ccc(S(=O)(=O)N2CCN(C=O)CC2)cc1. The molecule has 1 N–H and O–H groups in total. The Bertz CT molecular complexity index is 667. The maximum atomic E-state index is 12.6. The van der Waals surface area contributed by atoms with E-state index < -0.39 is 10.0 Å². The highest BCUT2D eigenvalue weighted by Gasteiger charge is 2.28. The lowest BCUT2D eigenvalue weighted by Gasteiger charge is -2.31. The second-order valence-electron chi connectivity index (χ2n) is 5.32. The summed E-state index contributed by atoms with van der Waals surface area (Å²) >= 11 is 0. The number of ether oxygens (including phenoxy) is 1. The van der Waals surface area contributed by atoms with E-state index in [1.54, 1.807) is 12.0 Å². The van der Waals surface area contributed by atoms with Crippen molar-refractivity contribution in [2.45, 2.75) is 4.90 Å². The highest BCUT2D eigenvalue weighted by molar-refractivity contribution is 7.89. The molecule has 0 saturated carbocycles. The van der Waals surface area contributed by atoms with Crippen LogP contribution in [0.5, 0.6) is 0 Å². The van der Waals surface area contributed by atoms with Crippen molar-refractivity contribution in [3.05, 3.63) is 29.8 Å². The first-order valence-electron chi connectivity index (χ1n) is 7.55. The summed E-state index contributed by atoms with van der Waals surface area (Å²) in [6.45, 7) is 2.08. The number of amides is 2. The fourth-order valence-electron chi connectivity index (χ4n) is 2.35. The summed E-state index contributed by atoms with van der Waals surface area (Å²) in [5.74, 6) is -0.282. The zero-order valence-corrected chi connectivity index (χ0v) is 14.3. The number of carbonyl (C=O) groups excluding carboxylic acids is 2. The number of rotatable bonds is 7. The third-order valence-electron chi connectivity index (χ3n) is 3.77. The lowest BCUT2D eigenvalue weighted by molar-refractivity contribution is -0.119. The quantitative estimate of drug-likeness (QED) is 0.527. The molecule has 0 spiro atoms. The van der Waals surface area contributed by atoms with Gasteiger partial charge in [-0.1, -0.05) is 0 Å². The van der Waals surface area contributed by atoms with E-state index in [0.717, 1.165) is 6.41 Å². The van der Waals surface area contributed by atoms with Crippen LogP contribution in [0.15, 0.2) is 29.2 Å². The molecular formula is C15H21N3O5S. The molecule has 0 radical (unpaired) electrons. The highest BCUT2D eigenvalue weighted by Crippen LogP contribution is 2.18. The molecule has 8 nitrogen and oxygen atoms in total. The second kappa shape index (κ2) is 8.22. The molecule has 2 rings (SSSR count). The molecule has 1 fully saturated rings. The lowest BCUT2D eigenvalue weighted by atomic mass is 10.2. The monoisotopic (exact) mass is 355 g/mol. The number of carbonyl (C=O) groups is 2. The second-order valence-corrected chi connectivity index (χ2v) is 7.26. The largest absolute Gasteiger partial charge is 0.383 e. The van der Waals surface area contributed by atoms with Gasteiger partial charge < -0.3 is 15.0 Å². The number of nitrogens with zero attached hydrogens (tertiary/aromatic N) is 2. The summed E-state index contributed by atoms with van der Waals surface area (Å²) in [4.78, 5) is 24.3. The van der Waals surface area contributed by atoms with E-state index in [4.69, 9.17) is 4.74 Å². The van der Waals surface area contributed by atoms with Crippen LogP contribution >= 0.6 is 0 Å². The third kappa shape index (κ3) is 4.31. The first-order chi connectivity index (χ1) is 11.5. The Kier molecular flexibility index (Phi) is 6.29. The van der Waals surface area contributed by atoms with Crippen LogP contribution in [0.4, 0.5) is 0 Å². The molecule has 0 unspecified atom stereocenters. The first-order valence-corrected chi connectivity index (χ1v) is 8.99. The third-order valence-corrected chi connectivity index (χ3v) is 5.68. The number of hydrogen-bond acceptors (Lipinski definition) is 5. The number of nitrogens with one attached hydrogen (secondary N) is 1. The molecular weight excluding hydrogens is 334 g/mol. The predicted octanol–water partition coefficient (Wildman–Crippen LogP) is -0.474. The Morgan fingerprint density at radius 1 is 1.21 bits per heavy atom. The topological polar surface area (TPSA) is 96.0 Å². The van der Waals surface area contributed by atoms with Gasteiger partial charge in [0, 0.05) is 45.4 Å². The standard InChI is InChI=1S/C15H21N3O5S/c1-23-11-6-16-15(20)13-2-4-14(5-3-13)24(21,22)18-9-7-17(12-19)8-10-18/h2-5,12H,6-11H2,1H3,(H,16,20). The number of benzene rings is 1. The maximum Gasteiger partial charge on any atom is 0.251 e. The van der Waals surface area contributed by atoms with E-state index in [-0.39, 0.29) is 23.9 Å². The van der Waals surface area contributed by atoms with Crippen molar-refractivity contribution in [3.63, 3.8) is 0 Å². The van der Waals surface area contributed by atoms with Crippen LogP contribution in [0, 0.1) is 0 Å². The van der Waals surface area contributed by atoms with Crippen LogP contribution in [-0.2, 0) is 19.6 Å².